The van der Waals surface area contributed by atoms with Crippen LogP contribution in [0.5, 0.6) is 0 Å². The Bertz CT molecular complexity index is 465. The minimum absolute atomic E-state index is 0.118. The van der Waals surface area contributed by atoms with Gasteiger partial charge in [0.15, 0.2) is 0 Å². The zero-order chi connectivity index (χ0) is 12.5. The van der Waals surface area contributed by atoms with E-state index in [0.717, 1.165) is 19.3 Å². The Morgan fingerprint density at radius 3 is 3.00 bits per heavy atom. The molecule has 3 unspecified atom stereocenters. The third kappa shape index (κ3) is 2.04. The number of nitrogen functional groups attached to an aromatic ring is 1. The maximum Gasteiger partial charge on any atom is 0.270 e. The van der Waals surface area contributed by atoms with E-state index < -0.39 is 0 Å². The summed E-state index contributed by atoms with van der Waals surface area (Å²) >= 11 is 0. The van der Waals surface area contributed by atoms with Gasteiger partial charge >= 0.3 is 0 Å². The van der Waals surface area contributed by atoms with Crippen molar-refractivity contribution >= 4 is 11.7 Å². The fourth-order valence-electron chi connectivity index (χ4n) is 2.67. The first-order valence-corrected chi connectivity index (χ1v) is 6.16. The van der Waals surface area contributed by atoms with Gasteiger partial charge in [-0.1, -0.05) is 6.07 Å². The topological polar surface area (TPSA) is 89.3 Å². The fourth-order valence-corrected chi connectivity index (χ4v) is 2.67. The summed E-state index contributed by atoms with van der Waals surface area (Å²) in [7, 11) is 0. The molecule has 3 heterocycles. The van der Waals surface area contributed by atoms with Crippen molar-refractivity contribution in [2.45, 2.75) is 37.5 Å². The van der Waals surface area contributed by atoms with Crippen LogP contribution in [0.3, 0.4) is 0 Å². The van der Waals surface area contributed by atoms with Gasteiger partial charge in [0.25, 0.3) is 5.91 Å². The standard InChI is InChI=1S/C12H16N4O2/c13-16-11-3-1-2-8(14-11)12(17)15-9-6-7-4-5-10(9)18-7/h1-3,7,9-10H,4-6,13H2,(H,14,16)(H,15,17). The molecule has 0 aliphatic carbocycles. The van der Waals surface area contributed by atoms with Crippen LogP contribution in [-0.4, -0.2) is 29.1 Å². The third-order valence-corrected chi connectivity index (χ3v) is 3.55. The number of hydrogen-bond donors (Lipinski definition) is 3. The fraction of sp³-hybridized carbons (Fsp3) is 0.500. The predicted octanol–water partition coefficient (Wildman–Crippen LogP) is 0.417. The number of nitrogens with two attached hydrogens (primary N) is 1. The zero-order valence-electron chi connectivity index (χ0n) is 9.93. The molecule has 96 valence electrons. The van der Waals surface area contributed by atoms with Crippen LogP contribution in [0, 0.1) is 0 Å². The van der Waals surface area contributed by atoms with Crippen LogP contribution < -0.4 is 16.6 Å². The van der Waals surface area contributed by atoms with Crippen molar-refractivity contribution in [3.05, 3.63) is 23.9 Å². The molecule has 1 aromatic heterocycles. The molecule has 0 spiro atoms. The van der Waals surface area contributed by atoms with E-state index in [2.05, 4.69) is 15.7 Å². The summed E-state index contributed by atoms with van der Waals surface area (Å²) < 4.78 is 5.70. The summed E-state index contributed by atoms with van der Waals surface area (Å²) in [5.41, 5.74) is 2.80. The first kappa shape index (κ1) is 11.4. The second-order valence-electron chi connectivity index (χ2n) is 4.74. The van der Waals surface area contributed by atoms with Crippen LogP contribution in [0.25, 0.3) is 0 Å². The average molecular weight is 248 g/mol. The van der Waals surface area contributed by atoms with Crippen LogP contribution in [0.2, 0.25) is 0 Å². The lowest BCUT2D eigenvalue weighted by Gasteiger charge is -2.19. The molecule has 2 saturated heterocycles. The number of nitrogens with one attached hydrogen (secondary N) is 2. The molecule has 3 atom stereocenters. The lowest BCUT2D eigenvalue weighted by molar-refractivity contribution is 0.0837. The first-order valence-electron chi connectivity index (χ1n) is 6.16. The Hall–Kier alpha value is -1.66. The second kappa shape index (κ2) is 4.55. The minimum Gasteiger partial charge on any atom is -0.373 e. The van der Waals surface area contributed by atoms with E-state index in [-0.39, 0.29) is 18.1 Å². The summed E-state index contributed by atoms with van der Waals surface area (Å²) in [4.78, 5) is 16.2. The molecule has 2 bridgehead atoms. The number of ether oxygens (including phenoxy) is 1. The van der Waals surface area contributed by atoms with Crippen molar-refractivity contribution in [3.8, 4) is 0 Å². The van der Waals surface area contributed by atoms with Gasteiger partial charge in [0, 0.05) is 0 Å². The molecule has 2 aliphatic rings. The van der Waals surface area contributed by atoms with Crippen molar-refractivity contribution in [1.29, 1.82) is 0 Å². The van der Waals surface area contributed by atoms with E-state index in [9.17, 15) is 4.79 Å². The number of nitrogens with zero attached hydrogens (tertiary/aromatic N) is 1. The van der Waals surface area contributed by atoms with Crippen LogP contribution in [0.4, 0.5) is 5.82 Å². The van der Waals surface area contributed by atoms with E-state index in [1.807, 2.05) is 0 Å². The SMILES string of the molecule is NNc1cccc(C(=O)NC2CC3CCC2O3)n1. The zero-order valence-corrected chi connectivity index (χ0v) is 9.93. The highest BCUT2D eigenvalue weighted by atomic mass is 16.5. The van der Waals surface area contributed by atoms with Crippen molar-refractivity contribution in [2.24, 2.45) is 5.84 Å². The van der Waals surface area contributed by atoms with Crippen LogP contribution in [-0.2, 0) is 4.74 Å². The van der Waals surface area contributed by atoms with Gasteiger partial charge in [0.2, 0.25) is 0 Å². The van der Waals surface area contributed by atoms with Crippen molar-refractivity contribution in [2.75, 3.05) is 5.43 Å². The normalized spacial score (nSPS) is 29.3. The quantitative estimate of drug-likeness (QED) is 0.533. The number of hydrazine groups is 1. The average Bonchev–Trinajstić information content (AvgIpc) is 3.01. The lowest BCUT2D eigenvalue weighted by Crippen LogP contribution is -2.41. The van der Waals surface area contributed by atoms with Crippen LogP contribution >= 0.6 is 0 Å². The summed E-state index contributed by atoms with van der Waals surface area (Å²) in [6.45, 7) is 0. The second-order valence-corrected chi connectivity index (χ2v) is 4.74. The van der Waals surface area contributed by atoms with Crippen LogP contribution in [0.1, 0.15) is 29.8 Å². The molecule has 0 saturated carbocycles. The van der Waals surface area contributed by atoms with Gasteiger partial charge in [-0.15, -0.1) is 0 Å². The highest BCUT2D eigenvalue weighted by molar-refractivity contribution is 5.92. The number of aromatic nitrogens is 1. The molecule has 2 aliphatic heterocycles. The highest BCUT2D eigenvalue weighted by Crippen LogP contribution is 2.34. The summed E-state index contributed by atoms with van der Waals surface area (Å²) in [5.74, 6) is 5.57. The molecule has 3 rings (SSSR count). The van der Waals surface area contributed by atoms with Crippen LogP contribution in [0.15, 0.2) is 18.2 Å². The lowest BCUT2D eigenvalue weighted by atomic mass is 9.95. The molecule has 0 aromatic carbocycles. The number of rotatable bonds is 3. The largest absolute Gasteiger partial charge is 0.373 e. The Balaban J connectivity index is 1.67. The van der Waals surface area contributed by atoms with Gasteiger partial charge in [0.1, 0.15) is 11.5 Å². The Labute approximate surface area is 105 Å². The van der Waals surface area contributed by atoms with Gasteiger partial charge in [0.05, 0.1) is 18.2 Å². The Kier molecular flexibility index (Phi) is 2.89. The number of anilines is 1. The van der Waals surface area contributed by atoms with Gasteiger partial charge < -0.3 is 15.5 Å². The van der Waals surface area contributed by atoms with E-state index in [1.165, 1.54) is 0 Å². The molecule has 2 fully saturated rings. The number of hydrogen-bond acceptors (Lipinski definition) is 5. The molecule has 4 N–H and O–H groups in total. The van der Waals surface area contributed by atoms with Gasteiger partial charge in [-0.3, -0.25) is 4.79 Å². The van der Waals surface area contributed by atoms with Gasteiger partial charge in [-0.25, -0.2) is 10.8 Å². The molecule has 6 heteroatoms. The Morgan fingerprint density at radius 1 is 1.44 bits per heavy atom. The van der Waals surface area contributed by atoms with E-state index in [1.54, 1.807) is 18.2 Å². The number of carbonyl (C=O) groups is 1. The number of pyridine rings is 1. The summed E-state index contributed by atoms with van der Waals surface area (Å²) in [5, 5.41) is 2.98. The molecule has 1 amide bonds. The summed E-state index contributed by atoms with van der Waals surface area (Å²) in [6.07, 6.45) is 3.56. The molecule has 18 heavy (non-hydrogen) atoms. The smallest absolute Gasteiger partial charge is 0.270 e. The maximum atomic E-state index is 12.0. The highest BCUT2D eigenvalue weighted by Gasteiger charge is 2.41. The number of amides is 1. The molecule has 6 nitrogen and oxygen atoms in total. The monoisotopic (exact) mass is 248 g/mol. The summed E-state index contributed by atoms with van der Waals surface area (Å²) in [6, 6.07) is 5.24. The molecular formula is C12H16N4O2. The predicted molar refractivity (Wildman–Crippen MR) is 65.8 cm³/mol. The van der Waals surface area contributed by atoms with E-state index in [4.69, 9.17) is 10.6 Å². The third-order valence-electron chi connectivity index (χ3n) is 3.55. The van der Waals surface area contributed by atoms with Crippen molar-refractivity contribution in [3.63, 3.8) is 0 Å². The van der Waals surface area contributed by atoms with Gasteiger partial charge in [-0.05, 0) is 31.4 Å². The molecule has 0 radical (unpaired) electrons. The minimum atomic E-state index is -0.173. The van der Waals surface area contributed by atoms with Crippen molar-refractivity contribution in [1.82, 2.24) is 10.3 Å². The van der Waals surface area contributed by atoms with Crippen molar-refractivity contribution < 1.29 is 9.53 Å². The Morgan fingerprint density at radius 2 is 2.33 bits per heavy atom. The number of carbonyl (C=O) groups excluding carboxylic acids is 1. The maximum absolute atomic E-state index is 12.0. The van der Waals surface area contributed by atoms with E-state index >= 15 is 0 Å². The molecule has 1 aromatic rings. The van der Waals surface area contributed by atoms with E-state index in [0.29, 0.717) is 17.6 Å². The number of fused-ring (bicyclic) bond motifs is 2. The first-order chi connectivity index (χ1) is 8.76. The molecular weight excluding hydrogens is 232 g/mol. The van der Waals surface area contributed by atoms with Gasteiger partial charge in [-0.2, -0.15) is 0 Å².